The molecule has 0 aliphatic carbocycles. The predicted octanol–water partition coefficient (Wildman–Crippen LogP) is 3.45. The Labute approximate surface area is 160 Å². The second-order valence-corrected chi connectivity index (χ2v) is 6.54. The number of likely N-dealkylation sites (N-methyl/N-ethyl adjacent to an activating group) is 2. The SMILES string of the molecule is CCN1C[C@@H](CN(C)C(=O)/C=C/c2ccccc2OC)Oc2ccccc21. The van der Waals surface area contributed by atoms with Crippen LogP contribution in [0.2, 0.25) is 0 Å². The van der Waals surface area contributed by atoms with Gasteiger partial charge < -0.3 is 19.3 Å². The summed E-state index contributed by atoms with van der Waals surface area (Å²) in [5.41, 5.74) is 1.99. The molecule has 1 amide bonds. The van der Waals surface area contributed by atoms with Crippen molar-refractivity contribution >= 4 is 17.7 Å². The van der Waals surface area contributed by atoms with Crippen LogP contribution in [-0.2, 0) is 4.79 Å². The molecule has 5 nitrogen and oxygen atoms in total. The molecule has 0 spiro atoms. The summed E-state index contributed by atoms with van der Waals surface area (Å²) in [6.45, 7) is 4.33. The van der Waals surface area contributed by atoms with Crippen molar-refractivity contribution in [2.45, 2.75) is 13.0 Å². The predicted molar refractivity (Wildman–Crippen MR) is 108 cm³/mol. The average molecular weight is 366 g/mol. The summed E-state index contributed by atoms with van der Waals surface area (Å²) in [6.07, 6.45) is 3.30. The van der Waals surface area contributed by atoms with E-state index in [1.807, 2.05) is 42.5 Å². The molecule has 0 fully saturated rings. The Morgan fingerprint density at radius 3 is 2.78 bits per heavy atom. The first-order valence-corrected chi connectivity index (χ1v) is 9.19. The Kier molecular flexibility index (Phi) is 6.01. The number of para-hydroxylation sites is 3. The van der Waals surface area contributed by atoms with Gasteiger partial charge in [-0.15, -0.1) is 0 Å². The monoisotopic (exact) mass is 366 g/mol. The van der Waals surface area contributed by atoms with Gasteiger partial charge in [-0.25, -0.2) is 0 Å². The lowest BCUT2D eigenvalue weighted by molar-refractivity contribution is -0.125. The number of benzene rings is 2. The third kappa shape index (κ3) is 4.42. The average Bonchev–Trinajstić information content (AvgIpc) is 2.71. The fraction of sp³-hybridized carbons (Fsp3) is 0.318. The maximum absolute atomic E-state index is 12.5. The van der Waals surface area contributed by atoms with E-state index in [4.69, 9.17) is 9.47 Å². The molecule has 2 aromatic rings. The molecular weight excluding hydrogens is 340 g/mol. The second-order valence-electron chi connectivity index (χ2n) is 6.54. The number of methoxy groups -OCH3 is 1. The molecule has 0 aromatic heterocycles. The number of hydrogen-bond acceptors (Lipinski definition) is 4. The highest BCUT2D eigenvalue weighted by Crippen LogP contribution is 2.32. The zero-order chi connectivity index (χ0) is 19.2. The van der Waals surface area contributed by atoms with Crippen molar-refractivity contribution in [3.05, 3.63) is 60.2 Å². The number of amides is 1. The van der Waals surface area contributed by atoms with E-state index in [2.05, 4.69) is 17.9 Å². The number of hydrogen-bond donors (Lipinski definition) is 0. The standard InChI is InChI=1S/C22H26N2O3/c1-4-24-16-18(27-21-12-8-6-10-19(21)24)15-23(2)22(25)14-13-17-9-5-7-11-20(17)26-3/h5-14,18H,4,15-16H2,1-3H3/b14-13+/t18-/m1/s1. The molecule has 3 rings (SSSR count). The van der Waals surface area contributed by atoms with Crippen molar-refractivity contribution in [1.82, 2.24) is 4.90 Å². The Morgan fingerprint density at radius 2 is 2.00 bits per heavy atom. The Balaban J connectivity index is 1.64. The van der Waals surface area contributed by atoms with Gasteiger partial charge in [0.15, 0.2) is 0 Å². The van der Waals surface area contributed by atoms with E-state index >= 15 is 0 Å². The highest BCUT2D eigenvalue weighted by molar-refractivity contribution is 5.92. The second kappa shape index (κ2) is 8.62. The molecule has 142 valence electrons. The zero-order valence-corrected chi connectivity index (χ0v) is 16.1. The summed E-state index contributed by atoms with van der Waals surface area (Å²) in [5, 5.41) is 0. The van der Waals surface area contributed by atoms with Crippen LogP contribution in [-0.4, -0.2) is 50.7 Å². The minimum Gasteiger partial charge on any atom is -0.496 e. The van der Waals surface area contributed by atoms with Gasteiger partial charge in [-0.05, 0) is 31.2 Å². The summed E-state index contributed by atoms with van der Waals surface area (Å²) in [6, 6.07) is 15.7. The van der Waals surface area contributed by atoms with Crippen molar-refractivity contribution in [2.24, 2.45) is 0 Å². The van der Waals surface area contributed by atoms with Crippen LogP contribution in [0.25, 0.3) is 6.08 Å². The molecule has 1 aliphatic heterocycles. The number of ether oxygens (including phenoxy) is 2. The molecule has 1 aliphatic rings. The summed E-state index contributed by atoms with van der Waals surface area (Å²) >= 11 is 0. The van der Waals surface area contributed by atoms with Crippen molar-refractivity contribution in [3.63, 3.8) is 0 Å². The van der Waals surface area contributed by atoms with Crippen molar-refractivity contribution in [3.8, 4) is 11.5 Å². The Morgan fingerprint density at radius 1 is 1.26 bits per heavy atom. The van der Waals surface area contributed by atoms with E-state index in [1.165, 1.54) is 0 Å². The number of anilines is 1. The van der Waals surface area contributed by atoms with E-state index in [0.717, 1.165) is 35.8 Å². The highest BCUT2D eigenvalue weighted by atomic mass is 16.5. The molecule has 1 heterocycles. The maximum Gasteiger partial charge on any atom is 0.246 e. The summed E-state index contributed by atoms with van der Waals surface area (Å²) < 4.78 is 11.4. The van der Waals surface area contributed by atoms with Crippen LogP contribution in [0.5, 0.6) is 11.5 Å². The minimum absolute atomic E-state index is 0.0616. The number of carbonyl (C=O) groups is 1. The number of fused-ring (bicyclic) bond motifs is 1. The normalized spacial score (nSPS) is 16.0. The van der Waals surface area contributed by atoms with E-state index < -0.39 is 0 Å². The molecule has 1 atom stereocenters. The van der Waals surface area contributed by atoms with Crippen molar-refractivity contribution < 1.29 is 14.3 Å². The van der Waals surface area contributed by atoms with Crippen molar-refractivity contribution in [1.29, 1.82) is 0 Å². The van der Waals surface area contributed by atoms with E-state index in [9.17, 15) is 4.79 Å². The zero-order valence-electron chi connectivity index (χ0n) is 16.1. The molecule has 2 aromatic carbocycles. The van der Waals surface area contributed by atoms with Crippen LogP contribution in [0.4, 0.5) is 5.69 Å². The van der Waals surface area contributed by atoms with Gasteiger partial charge >= 0.3 is 0 Å². The molecule has 0 bridgehead atoms. The molecule has 0 saturated carbocycles. The fourth-order valence-corrected chi connectivity index (χ4v) is 3.26. The number of rotatable bonds is 6. The Hall–Kier alpha value is -2.95. The summed E-state index contributed by atoms with van der Waals surface area (Å²) in [5.74, 6) is 1.56. The molecule has 0 N–H and O–H groups in total. The van der Waals surface area contributed by atoms with Gasteiger partial charge in [0.05, 0.1) is 25.9 Å². The van der Waals surface area contributed by atoms with Gasteiger partial charge in [-0.1, -0.05) is 30.3 Å². The number of nitrogens with zero attached hydrogens (tertiary/aromatic N) is 2. The first-order chi connectivity index (χ1) is 13.1. The lowest BCUT2D eigenvalue weighted by atomic mass is 10.1. The van der Waals surface area contributed by atoms with E-state index in [-0.39, 0.29) is 12.0 Å². The van der Waals surface area contributed by atoms with Crippen LogP contribution in [0.3, 0.4) is 0 Å². The Bertz CT molecular complexity index is 819. The van der Waals surface area contributed by atoms with Crippen LogP contribution in [0.15, 0.2) is 54.6 Å². The first kappa shape index (κ1) is 18.8. The van der Waals surface area contributed by atoms with Gasteiger partial charge in [0.2, 0.25) is 5.91 Å². The summed E-state index contributed by atoms with van der Waals surface area (Å²) in [4.78, 5) is 16.5. The third-order valence-electron chi connectivity index (χ3n) is 4.70. The maximum atomic E-state index is 12.5. The lowest BCUT2D eigenvalue weighted by Gasteiger charge is -2.37. The molecule has 0 saturated heterocycles. The number of carbonyl (C=O) groups excluding carboxylic acids is 1. The molecule has 0 radical (unpaired) electrons. The molecule has 5 heteroatoms. The largest absolute Gasteiger partial charge is 0.496 e. The van der Waals surface area contributed by atoms with Crippen LogP contribution in [0.1, 0.15) is 12.5 Å². The van der Waals surface area contributed by atoms with Gasteiger partial charge in [0, 0.05) is 25.2 Å². The quantitative estimate of drug-likeness (QED) is 0.735. The van der Waals surface area contributed by atoms with Crippen molar-refractivity contribution in [2.75, 3.05) is 38.7 Å². The topological polar surface area (TPSA) is 42.0 Å². The molecule has 27 heavy (non-hydrogen) atoms. The molecule has 0 unspecified atom stereocenters. The smallest absolute Gasteiger partial charge is 0.246 e. The van der Waals surface area contributed by atoms with Gasteiger partial charge in [-0.3, -0.25) is 4.79 Å². The van der Waals surface area contributed by atoms with Gasteiger partial charge in [0.25, 0.3) is 0 Å². The van der Waals surface area contributed by atoms with Crippen LogP contribution in [0, 0.1) is 0 Å². The molecular formula is C22H26N2O3. The van der Waals surface area contributed by atoms with Crippen LogP contribution < -0.4 is 14.4 Å². The first-order valence-electron chi connectivity index (χ1n) is 9.19. The highest BCUT2D eigenvalue weighted by Gasteiger charge is 2.26. The fourth-order valence-electron chi connectivity index (χ4n) is 3.26. The summed E-state index contributed by atoms with van der Waals surface area (Å²) in [7, 11) is 3.42. The van der Waals surface area contributed by atoms with Gasteiger partial charge in [-0.2, -0.15) is 0 Å². The minimum atomic E-state index is -0.0635. The van der Waals surface area contributed by atoms with E-state index in [0.29, 0.717) is 6.54 Å². The third-order valence-corrected chi connectivity index (χ3v) is 4.70. The van der Waals surface area contributed by atoms with E-state index in [1.54, 1.807) is 31.2 Å². The van der Waals surface area contributed by atoms with Gasteiger partial charge in [0.1, 0.15) is 17.6 Å². The van der Waals surface area contributed by atoms with Crippen LogP contribution >= 0.6 is 0 Å². The lowest BCUT2D eigenvalue weighted by Crippen LogP contribution is -2.46.